The first-order valence-electron chi connectivity index (χ1n) is 2.97. The van der Waals surface area contributed by atoms with Crippen LogP contribution in [0.2, 0.25) is 0 Å². The van der Waals surface area contributed by atoms with Crippen LogP contribution in [-0.4, -0.2) is 0 Å². The Kier molecular flexibility index (Phi) is 3.51. The van der Waals surface area contributed by atoms with Crippen LogP contribution in [0.5, 0.6) is 5.75 Å². The molecule has 0 radical (unpaired) electrons. The summed E-state index contributed by atoms with van der Waals surface area (Å²) in [5, 5.41) is 0. The monoisotopic (exact) mass is 396 g/mol. The van der Waals surface area contributed by atoms with Crippen LogP contribution in [0.15, 0.2) is 30.3 Å². The Balaban J connectivity index is 2.79. The van der Waals surface area contributed by atoms with Gasteiger partial charge in [-0.1, -0.05) is 0 Å². The van der Waals surface area contributed by atoms with Gasteiger partial charge in [-0.2, -0.15) is 0 Å². The van der Waals surface area contributed by atoms with Gasteiger partial charge >= 0.3 is 101 Å². The van der Waals surface area contributed by atoms with Gasteiger partial charge in [0.1, 0.15) is 0 Å². The first-order valence-corrected chi connectivity index (χ1v) is 12.1. The van der Waals surface area contributed by atoms with Crippen molar-refractivity contribution < 1.29 is 4.52 Å². The van der Waals surface area contributed by atoms with Crippen molar-refractivity contribution in [3.05, 3.63) is 30.3 Å². The average molecular weight is 399 g/mol. The zero-order chi connectivity index (χ0) is 9.27. The number of rotatable bonds is 2. The molecular weight excluding hydrogens is 394 g/mol. The van der Waals surface area contributed by atoms with Crippen LogP contribution in [-0.2, 0) is 0 Å². The summed E-state index contributed by atoms with van der Waals surface area (Å²) in [6.45, 7) is 0. The van der Waals surface area contributed by atoms with Crippen molar-refractivity contribution in [3.8, 4) is 5.75 Å². The Bertz CT molecular complexity index is 262. The fourth-order valence-electron chi connectivity index (χ4n) is 0.641. The van der Waals surface area contributed by atoms with Crippen molar-refractivity contribution in [2.45, 2.75) is 0 Å². The van der Waals surface area contributed by atoms with Crippen molar-refractivity contribution in [1.29, 1.82) is 0 Å². The van der Waals surface area contributed by atoms with Gasteiger partial charge in [0.15, 0.2) is 0 Å². The van der Waals surface area contributed by atoms with E-state index in [-0.39, 0.29) is 0 Å². The van der Waals surface area contributed by atoms with Crippen molar-refractivity contribution in [3.63, 3.8) is 0 Å². The maximum absolute atomic E-state index is 5.98. The Morgan fingerprint density at radius 3 is 2.00 bits per heavy atom. The molecule has 0 fully saturated rings. The average Bonchev–Trinajstić information content (AvgIpc) is 1.83. The zero-order valence-electron chi connectivity index (χ0n) is 5.75. The molecule has 1 aromatic rings. The molecule has 0 aromatic heterocycles. The van der Waals surface area contributed by atoms with E-state index in [1.807, 2.05) is 30.3 Å². The van der Waals surface area contributed by atoms with Crippen LogP contribution in [0.3, 0.4) is 0 Å². The number of halogens is 4. The van der Waals surface area contributed by atoms with E-state index >= 15 is 0 Å². The summed E-state index contributed by atoms with van der Waals surface area (Å²) in [7, 11) is 0. The minimum atomic E-state index is -2.94. The Morgan fingerprint density at radius 1 is 1.08 bits per heavy atom. The van der Waals surface area contributed by atoms with Crippen molar-refractivity contribution >= 4 is 60.0 Å². The predicted molar refractivity (Wildman–Crippen MR) is 66.6 cm³/mol. The molecule has 0 saturated heterocycles. The molecule has 6 heteroatoms. The van der Waals surface area contributed by atoms with Crippen LogP contribution in [0.25, 0.3) is 0 Å². The molecule has 0 aliphatic carbocycles. The molecular formula is C6H5Br3ClOP. The molecule has 0 atom stereocenters. The van der Waals surface area contributed by atoms with Crippen LogP contribution < -0.4 is 4.52 Å². The van der Waals surface area contributed by atoms with Gasteiger partial charge in [-0.05, 0) is 0 Å². The van der Waals surface area contributed by atoms with Gasteiger partial charge in [-0.3, -0.25) is 0 Å². The van der Waals surface area contributed by atoms with E-state index in [1.54, 1.807) is 0 Å². The third-order valence-electron chi connectivity index (χ3n) is 0.987. The Labute approximate surface area is 99.8 Å². The Hall–Kier alpha value is 1.18. The molecule has 12 heavy (non-hydrogen) atoms. The summed E-state index contributed by atoms with van der Waals surface area (Å²) in [4.78, 5) is 0. The van der Waals surface area contributed by atoms with Crippen molar-refractivity contribution in [2.75, 3.05) is 0 Å². The normalized spacial score (nSPS) is 14.8. The molecule has 1 rings (SSSR count). The Morgan fingerprint density at radius 2 is 1.58 bits per heavy atom. The van der Waals surface area contributed by atoms with E-state index in [2.05, 4.69) is 46.5 Å². The second-order valence-corrected chi connectivity index (χ2v) is 29.9. The van der Waals surface area contributed by atoms with E-state index in [9.17, 15) is 0 Å². The van der Waals surface area contributed by atoms with E-state index in [0.717, 1.165) is 0 Å². The van der Waals surface area contributed by atoms with Crippen LogP contribution in [0.1, 0.15) is 0 Å². The van der Waals surface area contributed by atoms with E-state index < -0.39 is 2.29 Å². The third-order valence-corrected chi connectivity index (χ3v) is 2.98. The van der Waals surface area contributed by atoms with Crippen molar-refractivity contribution in [2.24, 2.45) is 0 Å². The molecule has 0 bridgehead atoms. The molecule has 0 heterocycles. The quantitative estimate of drug-likeness (QED) is 0.587. The minimum absolute atomic E-state index is 0.704. The van der Waals surface area contributed by atoms with Gasteiger partial charge in [0.25, 0.3) is 0 Å². The molecule has 0 N–H and O–H groups in total. The second-order valence-electron chi connectivity index (χ2n) is 2.06. The molecule has 0 aliphatic heterocycles. The van der Waals surface area contributed by atoms with E-state index in [0.29, 0.717) is 5.75 Å². The molecule has 0 aliphatic rings. The summed E-state index contributed by atoms with van der Waals surface area (Å²) in [5.74, 6) is 0.704. The van der Waals surface area contributed by atoms with Gasteiger partial charge in [-0.15, -0.1) is 0 Å². The molecule has 0 spiro atoms. The first-order chi connectivity index (χ1) is 5.33. The molecule has 1 aromatic carbocycles. The summed E-state index contributed by atoms with van der Waals surface area (Å²) in [6, 6.07) is 9.32. The van der Waals surface area contributed by atoms with Gasteiger partial charge in [-0.25, -0.2) is 0 Å². The predicted octanol–water partition coefficient (Wildman–Crippen LogP) is 5.62. The zero-order valence-corrected chi connectivity index (χ0v) is 12.2. The van der Waals surface area contributed by atoms with Gasteiger partial charge in [0.05, 0.1) is 0 Å². The molecule has 0 unspecified atom stereocenters. The molecule has 1 nitrogen and oxygen atoms in total. The van der Waals surface area contributed by atoms with E-state index in [1.165, 1.54) is 0 Å². The SMILES string of the molecule is ClP(Br)(Br)(Br)Oc1ccccc1. The fraction of sp³-hybridized carbons (Fsp3) is 0. The van der Waals surface area contributed by atoms with Crippen LogP contribution in [0.4, 0.5) is 0 Å². The summed E-state index contributed by atoms with van der Waals surface area (Å²) < 4.78 is 2.49. The standard InChI is InChI=1S/C6H5Br3ClOP/c7-12(8,9,10)11-6-4-2-1-3-5-6/h1-5H. The van der Waals surface area contributed by atoms with Crippen molar-refractivity contribution in [1.82, 2.24) is 0 Å². The van der Waals surface area contributed by atoms with Crippen LogP contribution >= 0.6 is 60.0 Å². The van der Waals surface area contributed by atoms with Gasteiger partial charge < -0.3 is 0 Å². The number of benzene rings is 1. The van der Waals surface area contributed by atoms with Gasteiger partial charge in [0, 0.05) is 0 Å². The van der Waals surface area contributed by atoms with Gasteiger partial charge in [0.2, 0.25) is 0 Å². The van der Waals surface area contributed by atoms with E-state index in [4.69, 9.17) is 15.8 Å². The number of hydrogen-bond acceptors (Lipinski definition) is 1. The topological polar surface area (TPSA) is 9.23 Å². The summed E-state index contributed by atoms with van der Waals surface area (Å²) in [5.41, 5.74) is 0. The summed E-state index contributed by atoms with van der Waals surface area (Å²) in [6.07, 6.45) is 0. The molecule has 68 valence electrons. The second kappa shape index (κ2) is 3.74. The summed E-state index contributed by atoms with van der Waals surface area (Å²) >= 11 is 15.7. The fourth-order valence-corrected chi connectivity index (χ4v) is 2.82. The third kappa shape index (κ3) is 5.03. The number of hydrogen-bond donors (Lipinski definition) is 0. The molecule has 0 saturated carbocycles. The first kappa shape index (κ1) is 11.3. The molecule has 0 amide bonds. The van der Waals surface area contributed by atoms with Crippen LogP contribution in [0, 0.1) is 0 Å². The maximum atomic E-state index is 5.98. The number of para-hydroxylation sites is 1.